The minimum absolute atomic E-state index is 0.104. The zero-order valence-corrected chi connectivity index (χ0v) is 59.1. The van der Waals surface area contributed by atoms with E-state index in [4.69, 9.17) is 37.0 Å². The summed E-state index contributed by atoms with van der Waals surface area (Å²) in [4.78, 5) is 72.5. The molecular weight excluding hydrogens is 1160 g/mol. The number of hydrogen-bond acceptors (Lipinski definition) is 15. The first-order valence-corrected chi connectivity index (χ1v) is 38.7. The van der Waals surface area contributed by atoms with Gasteiger partial charge in [-0.3, -0.25) is 37.3 Å². The van der Waals surface area contributed by atoms with E-state index in [-0.39, 0.29) is 25.7 Å². The van der Waals surface area contributed by atoms with Crippen molar-refractivity contribution in [2.75, 3.05) is 39.6 Å². The summed E-state index contributed by atoms with van der Waals surface area (Å²) in [7, 11) is -9.90. The van der Waals surface area contributed by atoms with Crippen LogP contribution in [0.4, 0.5) is 0 Å². The van der Waals surface area contributed by atoms with Crippen molar-refractivity contribution < 1.29 is 80.2 Å². The number of carbonyl (C=O) groups is 4. The highest BCUT2D eigenvalue weighted by Gasteiger charge is 2.30. The first kappa shape index (κ1) is 86.1. The zero-order chi connectivity index (χ0) is 65.4. The third kappa shape index (κ3) is 61.6. The molecule has 0 fully saturated rings. The molecule has 0 saturated heterocycles. The van der Waals surface area contributed by atoms with E-state index in [1.54, 1.807) is 0 Å². The lowest BCUT2D eigenvalue weighted by atomic mass is 10.00. The van der Waals surface area contributed by atoms with Crippen LogP contribution in [0.5, 0.6) is 0 Å². The quantitative estimate of drug-likeness (QED) is 0.0222. The molecule has 0 heterocycles. The second-order valence-corrected chi connectivity index (χ2v) is 29.5. The highest BCUT2D eigenvalue weighted by Crippen LogP contribution is 2.45. The molecule has 0 radical (unpaired) electrons. The molecule has 88 heavy (non-hydrogen) atoms. The van der Waals surface area contributed by atoms with E-state index in [1.807, 2.05) is 0 Å². The number of aliphatic hydroxyl groups excluding tert-OH is 1. The Kier molecular flexibility index (Phi) is 57.6. The van der Waals surface area contributed by atoms with Crippen molar-refractivity contribution in [3.8, 4) is 0 Å². The van der Waals surface area contributed by atoms with E-state index in [0.29, 0.717) is 25.7 Å². The Balaban J connectivity index is 5.27. The molecule has 0 bridgehead atoms. The summed E-state index contributed by atoms with van der Waals surface area (Å²) in [5.74, 6) is 0.843. The van der Waals surface area contributed by atoms with E-state index in [0.717, 1.165) is 120 Å². The number of phosphoric acid groups is 2. The van der Waals surface area contributed by atoms with Crippen LogP contribution in [0.25, 0.3) is 0 Å². The van der Waals surface area contributed by atoms with Gasteiger partial charge in [-0.2, -0.15) is 0 Å². The molecule has 19 heteroatoms. The number of rotatable bonds is 66. The van der Waals surface area contributed by atoms with Gasteiger partial charge in [-0.1, -0.05) is 287 Å². The van der Waals surface area contributed by atoms with Gasteiger partial charge in [-0.15, -0.1) is 0 Å². The lowest BCUT2D eigenvalue weighted by Gasteiger charge is -2.21. The second-order valence-electron chi connectivity index (χ2n) is 26.6. The lowest BCUT2D eigenvalue weighted by molar-refractivity contribution is -0.161. The number of unbranched alkanes of at least 4 members (excludes halogenated alkanes) is 31. The predicted molar refractivity (Wildman–Crippen MR) is 354 cm³/mol. The average Bonchev–Trinajstić information content (AvgIpc) is 3.38. The van der Waals surface area contributed by atoms with Crippen LogP contribution >= 0.6 is 15.6 Å². The molecule has 3 N–H and O–H groups in total. The molecule has 0 aliphatic heterocycles. The highest BCUT2D eigenvalue weighted by molar-refractivity contribution is 7.47. The monoisotopic (exact) mass is 1300 g/mol. The molecule has 0 aromatic heterocycles. The molecule has 0 aromatic rings. The first-order chi connectivity index (χ1) is 42.1. The summed E-state index contributed by atoms with van der Waals surface area (Å²) in [6, 6.07) is 0. The smallest absolute Gasteiger partial charge is 0.462 e. The Morgan fingerprint density at radius 3 is 0.807 bits per heavy atom. The predicted octanol–water partition coefficient (Wildman–Crippen LogP) is 19.3. The summed E-state index contributed by atoms with van der Waals surface area (Å²) in [5, 5.41) is 10.6. The lowest BCUT2D eigenvalue weighted by Crippen LogP contribution is -2.30. The maximum absolute atomic E-state index is 13.0. The van der Waals surface area contributed by atoms with Crippen LogP contribution in [0.1, 0.15) is 338 Å². The van der Waals surface area contributed by atoms with Crippen molar-refractivity contribution >= 4 is 39.5 Å². The van der Waals surface area contributed by atoms with Crippen molar-refractivity contribution in [3.05, 3.63) is 0 Å². The van der Waals surface area contributed by atoms with Crippen LogP contribution in [0.3, 0.4) is 0 Å². The Labute approximate surface area is 537 Å². The molecule has 0 spiro atoms. The van der Waals surface area contributed by atoms with Crippen LogP contribution < -0.4 is 0 Å². The summed E-state index contributed by atoms with van der Waals surface area (Å²) in [5.41, 5.74) is 0. The molecule has 0 amide bonds. The van der Waals surface area contributed by atoms with Crippen molar-refractivity contribution in [1.29, 1.82) is 0 Å². The van der Waals surface area contributed by atoms with Crippen molar-refractivity contribution in [3.63, 3.8) is 0 Å². The van der Waals surface area contributed by atoms with Gasteiger partial charge in [0, 0.05) is 25.7 Å². The van der Waals surface area contributed by atoms with Crippen LogP contribution in [0.15, 0.2) is 0 Å². The molecule has 0 aliphatic carbocycles. The van der Waals surface area contributed by atoms with E-state index in [1.165, 1.54) is 135 Å². The number of ether oxygens (including phenoxy) is 4. The van der Waals surface area contributed by atoms with Gasteiger partial charge in [0.2, 0.25) is 0 Å². The SMILES string of the molecule is CCC(C)CCCCCCCCC(=O)OC[C@H](COP(=O)(O)OC[C@H](O)COP(=O)(O)OC[C@@H](COC(=O)CCCCCCCCCCC(C)C)OC(=O)CCCCCCCCCCCCCC(C)C)OC(=O)CCCCCCCCCCCCC(C)C. The zero-order valence-electron chi connectivity index (χ0n) is 57.3. The van der Waals surface area contributed by atoms with Gasteiger partial charge < -0.3 is 33.8 Å². The van der Waals surface area contributed by atoms with Gasteiger partial charge in [-0.25, -0.2) is 9.13 Å². The van der Waals surface area contributed by atoms with Crippen LogP contribution in [-0.2, 0) is 65.4 Å². The molecule has 3 unspecified atom stereocenters. The minimum Gasteiger partial charge on any atom is -0.462 e. The summed E-state index contributed by atoms with van der Waals surface area (Å²) < 4.78 is 68.2. The number of esters is 4. The third-order valence-electron chi connectivity index (χ3n) is 16.2. The maximum Gasteiger partial charge on any atom is 0.472 e. The molecule has 0 saturated carbocycles. The average molecular weight is 1300 g/mol. The molecule has 0 aromatic carbocycles. The number of aliphatic hydroxyl groups is 1. The van der Waals surface area contributed by atoms with E-state index >= 15 is 0 Å². The van der Waals surface area contributed by atoms with Gasteiger partial charge in [0.25, 0.3) is 0 Å². The van der Waals surface area contributed by atoms with Gasteiger partial charge >= 0.3 is 39.5 Å². The Morgan fingerprint density at radius 1 is 0.318 bits per heavy atom. The molecular formula is C69H134O17P2. The van der Waals surface area contributed by atoms with E-state index in [9.17, 15) is 43.2 Å². The molecule has 17 nitrogen and oxygen atoms in total. The van der Waals surface area contributed by atoms with Crippen LogP contribution in [0.2, 0.25) is 0 Å². The number of phosphoric ester groups is 2. The number of carbonyl (C=O) groups excluding carboxylic acids is 4. The largest absolute Gasteiger partial charge is 0.472 e. The van der Waals surface area contributed by atoms with Crippen molar-refractivity contribution in [1.82, 2.24) is 0 Å². The Morgan fingerprint density at radius 2 is 0.545 bits per heavy atom. The third-order valence-corrected chi connectivity index (χ3v) is 18.1. The summed E-state index contributed by atoms with van der Waals surface area (Å²) in [6.07, 6.45) is 40.3. The van der Waals surface area contributed by atoms with Crippen LogP contribution in [-0.4, -0.2) is 96.7 Å². The fourth-order valence-corrected chi connectivity index (χ4v) is 11.9. The fourth-order valence-electron chi connectivity index (χ4n) is 10.3. The molecule has 0 aliphatic rings. The normalized spacial score (nSPS) is 14.6. The van der Waals surface area contributed by atoms with Crippen molar-refractivity contribution in [2.45, 2.75) is 356 Å². The summed E-state index contributed by atoms with van der Waals surface area (Å²) in [6.45, 7) is 14.1. The minimum atomic E-state index is -4.95. The van der Waals surface area contributed by atoms with Gasteiger partial charge in [0.1, 0.15) is 19.3 Å². The Hall–Kier alpha value is -1.94. The van der Waals surface area contributed by atoms with Gasteiger partial charge in [0.15, 0.2) is 12.2 Å². The Bertz CT molecular complexity index is 1750. The fraction of sp³-hybridized carbons (Fsp3) is 0.942. The van der Waals surface area contributed by atoms with E-state index < -0.39 is 97.5 Å². The second kappa shape index (κ2) is 58.8. The topological polar surface area (TPSA) is 237 Å². The maximum atomic E-state index is 13.0. The number of hydrogen-bond donors (Lipinski definition) is 3. The highest BCUT2D eigenvalue weighted by atomic mass is 31.2. The van der Waals surface area contributed by atoms with Crippen LogP contribution in [0, 0.1) is 23.7 Å². The van der Waals surface area contributed by atoms with Crippen molar-refractivity contribution in [2.24, 2.45) is 23.7 Å². The van der Waals surface area contributed by atoms with E-state index in [2.05, 4.69) is 55.4 Å². The molecule has 522 valence electrons. The molecule has 6 atom stereocenters. The van der Waals surface area contributed by atoms with Gasteiger partial charge in [-0.05, 0) is 49.4 Å². The summed E-state index contributed by atoms with van der Waals surface area (Å²) >= 11 is 0. The first-order valence-electron chi connectivity index (χ1n) is 35.7. The van der Waals surface area contributed by atoms with Gasteiger partial charge in [0.05, 0.1) is 26.4 Å². The standard InChI is InChI=1S/C69H134O17P2/c1-9-62(8)48-40-32-27-28-34-42-50-67(72)80-56-65(86-69(74)52-44-36-26-18-14-13-16-22-30-38-46-60(4)5)58-84-88(77,78)82-54-63(70)53-81-87(75,76)83-57-64(55-79-66(71)49-41-33-24-20-19-23-31-39-47-61(6)7)85-68(73)51-43-35-25-17-12-10-11-15-21-29-37-45-59(2)3/h59-65,70H,9-58H2,1-8H3,(H,75,76)(H,77,78)/t62?,63-,64-,65-/m1/s1. The molecule has 0 rings (SSSR count).